The van der Waals surface area contributed by atoms with Crippen molar-refractivity contribution in [2.45, 2.75) is 19.3 Å². The second-order valence-electron chi connectivity index (χ2n) is 7.57. The van der Waals surface area contributed by atoms with Crippen LogP contribution in [0.2, 0.25) is 0 Å². The van der Waals surface area contributed by atoms with Crippen LogP contribution in [0.4, 0.5) is 0 Å². The van der Waals surface area contributed by atoms with Crippen molar-refractivity contribution in [2.75, 3.05) is 13.1 Å². The average Bonchev–Trinajstić information content (AvgIpc) is 3.29. The lowest BCUT2D eigenvalue weighted by Gasteiger charge is -2.41. The van der Waals surface area contributed by atoms with Gasteiger partial charge in [0.15, 0.2) is 0 Å². The van der Waals surface area contributed by atoms with Crippen molar-refractivity contribution in [1.29, 1.82) is 0 Å². The van der Waals surface area contributed by atoms with Crippen molar-refractivity contribution >= 4 is 23.2 Å². The number of carbonyl (C=O) groups is 2. The third-order valence-corrected chi connectivity index (χ3v) is 6.49. The summed E-state index contributed by atoms with van der Waals surface area (Å²) in [6.07, 6.45) is 5.16. The zero-order chi connectivity index (χ0) is 20.3. The van der Waals surface area contributed by atoms with Gasteiger partial charge in [-0.05, 0) is 54.0 Å². The number of nitrogens with zero attached hydrogens (tertiary/aromatic N) is 2. The highest BCUT2D eigenvalue weighted by atomic mass is 32.1. The molecule has 1 fully saturated rings. The second kappa shape index (κ2) is 8.17. The van der Waals surface area contributed by atoms with Crippen molar-refractivity contribution in [3.05, 3.63) is 77.4 Å². The Kier molecular flexibility index (Phi) is 5.45. The Hall–Kier alpha value is -2.99. The Bertz CT molecular complexity index is 1000. The van der Waals surface area contributed by atoms with Crippen LogP contribution in [0.25, 0.3) is 10.4 Å². The van der Waals surface area contributed by atoms with E-state index in [0.29, 0.717) is 31.5 Å². The number of rotatable bonds is 5. The first-order valence-corrected chi connectivity index (χ1v) is 10.6. The lowest BCUT2D eigenvalue weighted by molar-refractivity contribution is -0.130. The first-order chi connectivity index (χ1) is 14.1. The third-order valence-electron chi connectivity index (χ3n) is 5.57. The first kappa shape index (κ1) is 19.3. The monoisotopic (exact) mass is 405 g/mol. The average molecular weight is 406 g/mol. The molecule has 4 rings (SSSR count). The van der Waals surface area contributed by atoms with Crippen LogP contribution in [-0.4, -0.2) is 34.8 Å². The highest BCUT2D eigenvalue weighted by Crippen LogP contribution is 2.35. The van der Waals surface area contributed by atoms with Gasteiger partial charge in [0.1, 0.15) is 0 Å². The number of pyridine rings is 1. The zero-order valence-corrected chi connectivity index (χ0v) is 16.9. The van der Waals surface area contributed by atoms with E-state index in [1.807, 2.05) is 18.2 Å². The maximum absolute atomic E-state index is 12.9. The lowest BCUT2D eigenvalue weighted by Crippen LogP contribution is -2.53. The largest absolute Gasteiger partial charge is 0.369 e. The molecule has 2 aromatic heterocycles. The van der Waals surface area contributed by atoms with Gasteiger partial charge in [-0.25, -0.2) is 0 Å². The van der Waals surface area contributed by atoms with Crippen LogP contribution in [0.15, 0.2) is 66.3 Å². The highest BCUT2D eigenvalue weighted by Gasteiger charge is 2.42. The van der Waals surface area contributed by atoms with E-state index in [9.17, 15) is 9.59 Å². The van der Waals surface area contributed by atoms with Crippen LogP contribution in [0.3, 0.4) is 0 Å². The molecule has 1 aromatic carbocycles. The number of primary amides is 1. The number of thiophene rings is 1. The molecule has 0 radical (unpaired) electrons. The molecule has 3 heterocycles. The first-order valence-electron chi connectivity index (χ1n) is 9.69. The molecule has 0 bridgehead atoms. The Morgan fingerprint density at radius 3 is 2.79 bits per heavy atom. The van der Waals surface area contributed by atoms with Gasteiger partial charge in [0, 0.05) is 30.4 Å². The Balaban J connectivity index is 1.59. The fourth-order valence-electron chi connectivity index (χ4n) is 4.08. The van der Waals surface area contributed by atoms with Crippen LogP contribution < -0.4 is 5.73 Å². The predicted molar refractivity (Wildman–Crippen MR) is 114 cm³/mol. The minimum Gasteiger partial charge on any atom is -0.369 e. The highest BCUT2D eigenvalue weighted by molar-refractivity contribution is 7.13. The van der Waals surface area contributed by atoms with Gasteiger partial charge in [0.05, 0.1) is 11.0 Å². The molecule has 5 nitrogen and oxygen atoms in total. The molecule has 0 spiro atoms. The molecule has 3 aromatic rings. The maximum Gasteiger partial charge on any atom is 0.255 e. The van der Waals surface area contributed by atoms with Gasteiger partial charge in [0.25, 0.3) is 5.91 Å². The normalized spacial score (nSPS) is 19.1. The summed E-state index contributed by atoms with van der Waals surface area (Å²) in [5.74, 6) is -0.446. The third kappa shape index (κ3) is 4.07. The van der Waals surface area contributed by atoms with Crippen LogP contribution in [-0.2, 0) is 11.2 Å². The number of hydrogen-bond donors (Lipinski definition) is 1. The minimum absolute atomic E-state index is 0.101. The van der Waals surface area contributed by atoms with Gasteiger partial charge in [-0.2, -0.15) is 0 Å². The van der Waals surface area contributed by atoms with Crippen molar-refractivity contribution in [3.8, 4) is 10.4 Å². The standard InChI is InChI=1S/C23H23N3O2S/c24-22(28)23(14-17-5-1-6-18(13-17)20-8-3-12-29-20)9-4-11-26(16-23)21(27)19-7-2-10-25-15-19/h1-3,5-8,10,12-13,15H,4,9,11,14,16H2,(H2,24,28)/t23-/m0/s1. The molecule has 1 saturated heterocycles. The molecular formula is C23H23N3O2S. The number of carbonyl (C=O) groups excluding carboxylic acids is 2. The summed E-state index contributed by atoms with van der Waals surface area (Å²) in [6.45, 7) is 0.956. The van der Waals surface area contributed by atoms with E-state index in [1.54, 1.807) is 40.8 Å². The number of amides is 2. The van der Waals surface area contributed by atoms with Gasteiger partial charge < -0.3 is 10.6 Å². The number of likely N-dealkylation sites (tertiary alicyclic amines) is 1. The number of nitrogens with two attached hydrogens (primary N) is 1. The summed E-state index contributed by atoms with van der Waals surface area (Å²) < 4.78 is 0. The summed E-state index contributed by atoms with van der Waals surface area (Å²) in [4.78, 5) is 32.5. The molecule has 6 heteroatoms. The number of piperidine rings is 1. The maximum atomic E-state index is 12.9. The lowest BCUT2D eigenvalue weighted by atomic mass is 9.74. The molecule has 1 atom stereocenters. The molecule has 1 aliphatic heterocycles. The molecule has 2 amide bonds. The summed E-state index contributed by atoms with van der Waals surface area (Å²) in [6, 6.07) is 15.9. The molecular weight excluding hydrogens is 382 g/mol. The topological polar surface area (TPSA) is 76.3 Å². The molecule has 0 saturated carbocycles. The van der Waals surface area contributed by atoms with Gasteiger partial charge in [-0.15, -0.1) is 11.3 Å². The van der Waals surface area contributed by atoms with E-state index in [1.165, 1.54) is 4.88 Å². The minimum atomic E-state index is -0.760. The van der Waals surface area contributed by atoms with E-state index in [-0.39, 0.29) is 11.8 Å². The van der Waals surface area contributed by atoms with Gasteiger partial charge in [0.2, 0.25) is 5.91 Å². The van der Waals surface area contributed by atoms with Crippen molar-refractivity contribution in [1.82, 2.24) is 9.88 Å². The molecule has 148 valence electrons. The zero-order valence-electron chi connectivity index (χ0n) is 16.1. The van der Waals surface area contributed by atoms with E-state index >= 15 is 0 Å². The van der Waals surface area contributed by atoms with Crippen LogP contribution in [0, 0.1) is 5.41 Å². The summed E-state index contributed by atoms with van der Waals surface area (Å²) >= 11 is 1.69. The number of hydrogen-bond acceptors (Lipinski definition) is 4. The molecule has 0 unspecified atom stereocenters. The van der Waals surface area contributed by atoms with Crippen molar-refractivity contribution < 1.29 is 9.59 Å². The van der Waals surface area contributed by atoms with E-state index in [2.05, 4.69) is 28.6 Å². The van der Waals surface area contributed by atoms with Gasteiger partial charge in [-0.1, -0.05) is 30.3 Å². The van der Waals surface area contributed by atoms with Crippen molar-refractivity contribution in [2.24, 2.45) is 11.1 Å². The van der Waals surface area contributed by atoms with Crippen LogP contribution >= 0.6 is 11.3 Å². The Morgan fingerprint density at radius 2 is 2.07 bits per heavy atom. The smallest absolute Gasteiger partial charge is 0.255 e. The van der Waals surface area contributed by atoms with Crippen molar-refractivity contribution in [3.63, 3.8) is 0 Å². The quantitative estimate of drug-likeness (QED) is 0.702. The van der Waals surface area contributed by atoms with Gasteiger partial charge >= 0.3 is 0 Å². The SMILES string of the molecule is NC(=O)[C@]1(Cc2cccc(-c3cccs3)c2)CCCN(C(=O)c2cccnc2)C1. The van der Waals surface area contributed by atoms with Gasteiger partial charge in [-0.3, -0.25) is 14.6 Å². The summed E-state index contributed by atoms with van der Waals surface area (Å²) in [5, 5.41) is 2.05. The van der Waals surface area contributed by atoms with E-state index in [0.717, 1.165) is 17.5 Å². The Morgan fingerprint density at radius 1 is 1.17 bits per heavy atom. The fourth-order valence-corrected chi connectivity index (χ4v) is 4.80. The summed E-state index contributed by atoms with van der Waals surface area (Å²) in [7, 11) is 0. The molecule has 1 aliphatic rings. The van der Waals surface area contributed by atoms with Crippen LogP contribution in [0.5, 0.6) is 0 Å². The predicted octanol–water partition coefficient (Wildman–Crippen LogP) is 3.76. The number of aromatic nitrogens is 1. The Labute approximate surface area is 174 Å². The fraction of sp³-hybridized carbons (Fsp3) is 0.261. The molecule has 2 N–H and O–H groups in total. The van der Waals surface area contributed by atoms with Crippen LogP contribution in [0.1, 0.15) is 28.8 Å². The van der Waals surface area contributed by atoms with E-state index < -0.39 is 5.41 Å². The summed E-state index contributed by atoms with van der Waals surface area (Å²) in [5.41, 5.74) is 7.87. The van der Waals surface area contributed by atoms with E-state index in [4.69, 9.17) is 5.73 Å². The molecule has 0 aliphatic carbocycles. The second-order valence-corrected chi connectivity index (χ2v) is 8.52. The molecule has 29 heavy (non-hydrogen) atoms. The number of benzene rings is 1.